The lowest BCUT2D eigenvalue weighted by Crippen LogP contribution is -2.37. The lowest BCUT2D eigenvalue weighted by Gasteiger charge is -2.23. The first-order valence-electron chi connectivity index (χ1n) is 7.91. The van der Waals surface area contributed by atoms with Crippen LogP contribution >= 0.6 is 0 Å². The number of hydrogen-bond acceptors (Lipinski definition) is 3. The fourth-order valence-corrected chi connectivity index (χ4v) is 2.54. The van der Waals surface area contributed by atoms with Crippen LogP contribution in [0.4, 0.5) is 0 Å². The second-order valence-corrected chi connectivity index (χ2v) is 5.81. The topological polar surface area (TPSA) is 50.4 Å². The minimum atomic E-state index is -0.0498. The molecule has 4 nitrogen and oxygen atoms in total. The van der Waals surface area contributed by atoms with Crippen molar-refractivity contribution in [1.82, 2.24) is 10.6 Å². The normalized spacial score (nSPS) is 17.2. The fourth-order valence-electron chi connectivity index (χ4n) is 2.54. The van der Waals surface area contributed by atoms with Crippen LogP contribution in [-0.2, 0) is 0 Å². The second-order valence-electron chi connectivity index (χ2n) is 5.81. The molecule has 0 radical (unpaired) electrons. The highest BCUT2D eigenvalue weighted by atomic mass is 16.5. The number of hydrogen-bond donors (Lipinski definition) is 2. The van der Waals surface area contributed by atoms with Crippen molar-refractivity contribution in [3.63, 3.8) is 0 Å². The molecular weight excluding hydrogens is 264 g/mol. The lowest BCUT2D eigenvalue weighted by molar-refractivity contribution is 0.0949. The molecule has 1 unspecified atom stereocenters. The predicted molar refractivity (Wildman–Crippen MR) is 84.8 cm³/mol. The number of benzene rings is 1. The number of carbonyl (C=O) groups excluding carboxylic acids is 1. The summed E-state index contributed by atoms with van der Waals surface area (Å²) in [7, 11) is 1.88. The highest BCUT2D eigenvalue weighted by Crippen LogP contribution is 2.23. The van der Waals surface area contributed by atoms with E-state index >= 15 is 0 Å². The van der Waals surface area contributed by atoms with Gasteiger partial charge in [-0.1, -0.05) is 12.5 Å². The van der Waals surface area contributed by atoms with Gasteiger partial charge in [-0.2, -0.15) is 0 Å². The molecule has 2 rings (SSSR count). The Morgan fingerprint density at radius 1 is 1.33 bits per heavy atom. The Balaban J connectivity index is 1.91. The van der Waals surface area contributed by atoms with Gasteiger partial charge in [-0.15, -0.1) is 0 Å². The summed E-state index contributed by atoms with van der Waals surface area (Å²) in [6.45, 7) is 2.64. The number of carbonyl (C=O) groups is 1. The molecule has 116 valence electrons. The number of ether oxygens (including phenoxy) is 1. The van der Waals surface area contributed by atoms with Gasteiger partial charge in [0, 0.05) is 18.2 Å². The zero-order valence-electron chi connectivity index (χ0n) is 13.0. The van der Waals surface area contributed by atoms with Crippen molar-refractivity contribution in [1.29, 1.82) is 0 Å². The molecule has 0 spiro atoms. The number of rotatable bonds is 6. The van der Waals surface area contributed by atoms with Gasteiger partial charge >= 0.3 is 0 Å². The Morgan fingerprint density at radius 3 is 2.81 bits per heavy atom. The fraction of sp³-hybridized carbons (Fsp3) is 0.588. The van der Waals surface area contributed by atoms with Gasteiger partial charge in [-0.25, -0.2) is 0 Å². The lowest BCUT2D eigenvalue weighted by atomic mass is 9.98. The van der Waals surface area contributed by atoms with E-state index in [2.05, 4.69) is 10.6 Å². The molecule has 21 heavy (non-hydrogen) atoms. The van der Waals surface area contributed by atoms with Crippen LogP contribution in [0, 0.1) is 0 Å². The van der Waals surface area contributed by atoms with E-state index in [9.17, 15) is 4.79 Å². The van der Waals surface area contributed by atoms with Crippen molar-refractivity contribution in [2.24, 2.45) is 0 Å². The summed E-state index contributed by atoms with van der Waals surface area (Å²) in [4.78, 5) is 12.1. The Labute approximate surface area is 127 Å². The molecule has 4 heteroatoms. The van der Waals surface area contributed by atoms with Gasteiger partial charge in [0.2, 0.25) is 0 Å². The molecule has 0 aliphatic heterocycles. The molecule has 1 saturated carbocycles. The van der Waals surface area contributed by atoms with Crippen LogP contribution in [-0.4, -0.2) is 31.6 Å². The van der Waals surface area contributed by atoms with Crippen LogP contribution < -0.4 is 15.4 Å². The Kier molecular flexibility index (Phi) is 6.05. The van der Waals surface area contributed by atoms with Crippen LogP contribution in [0.3, 0.4) is 0 Å². The van der Waals surface area contributed by atoms with Gasteiger partial charge in [0.1, 0.15) is 5.75 Å². The Hall–Kier alpha value is -1.55. The first-order valence-corrected chi connectivity index (χ1v) is 7.91. The van der Waals surface area contributed by atoms with Gasteiger partial charge in [0.05, 0.1) is 6.10 Å². The first kappa shape index (κ1) is 15.8. The molecule has 0 bridgehead atoms. The summed E-state index contributed by atoms with van der Waals surface area (Å²) in [5.74, 6) is 0.752. The summed E-state index contributed by atoms with van der Waals surface area (Å²) in [5.41, 5.74) is 0.659. The Morgan fingerprint density at radius 2 is 2.10 bits per heavy atom. The van der Waals surface area contributed by atoms with Crippen LogP contribution in [0.1, 0.15) is 49.4 Å². The van der Waals surface area contributed by atoms with E-state index in [1.807, 2.05) is 38.2 Å². The molecule has 1 aliphatic carbocycles. The highest BCUT2D eigenvalue weighted by Gasteiger charge is 2.15. The molecule has 0 saturated heterocycles. The standard InChI is InChI=1S/C17H26N2O2/c1-13(18-2)12-19-17(20)14-7-6-10-16(11-14)21-15-8-4-3-5-9-15/h6-7,10-11,13,15,18H,3-5,8-9,12H2,1-2H3,(H,19,20). The summed E-state index contributed by atoms with van der Waals surface area (Å²) in [6.07, 6.45) is 6.35. The minimum Gasteiger partial charge on any atom is -0.490 e. The SMILES string of the molecule is CNC(C)CNC(=O)c1cccc(OC2CCCCC2)c1. The molecule has 1 atom stereocenters. The minimum absolute atomic E-state index is 0.0498. The van der Waals surface area contributed by atoms with Crippen molar-refractivity contribution < 1.29 is 9.53 Å². The summed E-state index contributed by atoms with van der Waals surface area (Å²) < 4.78 is 6.00. The summed E-state index contributed by atoms with van der Waals surface area (Å²) >= 11 is 0. The zero-order valence-corrected chi connectivity index (χ0v) is 13.0. The first-order chi connectivity index (χ1) is 10.2. The third kappa shape index (κ3) is 5.05. The average molecular weight is 290 g/mol. The van der Waals surface area contributed by atoms with Crippen LogP contribution in [0.2, 0.25) is 0 Å². The monoisotopic (exact) mass is 290 g/mol. The van der Waals surface area contributed by atoms with Crippen LogP contribution in [0.25, 0.3) is 0 Å². The molecule has 1 aliphatic rings. The summed E-state index contributed by atoms with van der Waals surface area (Å²) in [6, 6.07) is 7.74. The quantitative estimate of drug-likeness (QED) is 0.847. The predicted octanol–water partition coefficient (Wildman–Crippen LogP) is 2.74. The van der Waals surface area contributed by atoms with E-state index in [-0.39, 0.29) is 11.9 Å². The molecule has 1 aromatic rings. The van der Waals surface area contributed by atoms with Gasteiger partial charge in [-0.05, 0) is 57.9 Å². The maximum atomic E-state index is 12.1. The second kappa shape index (κ2) is 8.03. The number of amides is 1. The van der Waals surface area contributed by atoms with Gasteiger partial charge in [-0.3, -0.25) is 4.79 Å². The van der Waals surface area contributed by atoms with Crippen molar-refractivity contribution >= 4 is 5.91 Å². The smallest absolute Gasteiger partial charge is 0.251 e. The maximum Gasteiger partial charge on any atom is 0.251 e. The van der Waals surface area contributed by atoms with Crippen molar-refractivity contribution in [2.45, 2.75) is 51.2 Å². The van der Waals surface area contributed by atoms with Gasteiger partial charge in [0.15, 0.2) is 0 Å². The number of likely N-dealkylation sites (N-methyl/N-ethyl adjacent to an activating group) is 1. The van der Waals surface area contributed by atoms with Crippen LogP contribution in [0.5, 0.6) is 5.75 Å². The molecule has 1 fully saturated rings. The van der Waals surface area contributed by atoms with Crippen LogP contribution in [0.15, 0.2) is 24.3 Å². The van der Waals surface area contributed by atoms with E-state index in [0.717, 1.165) is 18.6 Å². The molecule has 0 heterocycles. The molecule has 0 aromatic heterocycles. The van der Waals surface area contributed by atoms with Crippen molar-refractivity contribution in [2.75, 3.05) is 13.6 Å². The zero-order chi connectivity index (χ0) is 15.1. The van der Waals surface area contributed by atoms with E-state index in [0.29, 0.717) is 18.2 Å². The third-order valence-corrected chi connectivity index (χ3v) is 4.01. The van der Waals surface area contributed by atoms with E-state index in [4.69, 9.17) is 4.74 Å². The molecule has 1 aromatic carbocycles. The molecular formula is C17H26N2O2. The van der Waals surface area contributed by atoms with Crippen molar-refractivity contribution in [3.05, 3.63) is 29.8 Å². The average Bonchev–Trinajstić information content (AvgIpc) is 2.53. The maximum absolute atomic E-state index is 12.1. The summed E-state index contributed by atoms with van der Waals surface area (Å²) in [5, 5.41) is 6.02. The van der Waals surface area contributed by atoms with Gasteiger partial charge < -0.3 is 15.4 Å². The number of nitrogens with one attached hydrogen (secondary N) is 2. The van der Waals surface area contributed by atoms with E-state index in [1.165, 1.54) is 19.3 Å². The molecule has 2 N–H and O–H groups in total. The highest BCUT2D eigenvalue weighted by molar-refractivity contribution is 5.94. The van der Waals surface area contributed by atoms with E-state index in [1.54, 1.807) is 0 Å². The van der Waals surface area contributed by atoms with E-state index < -0.39 is 0 Å². The largest absolute Gasteiger partial charge is 0.490 e. The van der Waals surface area contributed by atoms with Gasteiger partial charge in [0.25, 0.3) is 5.91 Å². The molecule has 1 amide bonds. The van der Waals surface area contributed by atoms with Crippen molar-refractivity contribution in [3.8, 4) is 5.75 Å². The Bertz CT molecular complexity index is 456. The third-order valence-electron chi connectivity index (χ3n) is 4.01.